The van der Waals surface area contributed by atoms with Crippen LogP contribution < -0.4 is 4.90 Å². The van der Waals surface area contributed by atoms with Crippen LogP contribution in [0.4, 0.5) is 5.69 Å². The Bertz CT molecular complexity index is 553. The molecule has 0 amide bonds. The maximum atomic E-state index is 6.39. The van der Waals surface area contributed by atoms with Gasteiger partial charge in [-0.15, -0.1) is 0 Å². The summed E-state index contributed by atoms with van der Waals surface area (Å²) < 4.78 is 0. The Balaban J connectivity index is 2.82. The maximum Gasteiger partial charge on any atom is 0.0411 e. The number of hydrogen-bond donors (Lipinski definition) is 0. The lowest BCUT2D eigenvalue weighted by molar-refractivity contribution is 0.0636. The SMILES string of the molecule is CC(C)(C)N1CC(C(C)(C)C)(C(C)(C)C)c2cc(Cl)ccc21. The fourth-order valence-corrected chi connectivity index (χ4v) is 4.67. The van der Waals surface area contributed by atoms with Gasteiger partial charge in [0.25, 0.3) is 0 Å². The minimum atomic E-state index is 0.0630. The molecule has 1 aliphatic heterocycles. The van der Waals surface area contributed by atoms with Crippen molar-refractivity contribution in [3.63, 3.8) is 0 Å². The molecule has 0 fully saturated rings. The summed E-state index contributed by atoms with van der Waals surface area (Å²) in [6.45, 7) is 22.2. The third-order valence-corrected chi connectivity index (χ3v) is 5.71. The van der Waals surface area contributed by atoms with Crippen molar-refractivity contribution in [2.75, 3.05) is 11.4 Å². The molecular formula is C20H32ClN. The van der Waals surface area contributed by atoms with Gasteiger partial charge in [0.05, 0.1) is 0 Å². The van der Waals surface area contributed by atoms with Crippen LogP contribution in [0.2, 0.25) is 5.02 Å². The zero-order valence-corrected chi connectivity index (χ0v) is 16.5. The molecule has 0 aliphatic carbocycles. The topological polar surface area (TPSA) is 3.24 Å². The molecule has 0 unspecified atom stereocenters. The van der Waals surface area contributed by atoms with Crippen molar-refractivity contribution in [1.29, 1.82) is 0 Å². The molecule has 0 bridgehead atoms. The van der Waals surface area contributed by atoms with Gasteiger partial charge in [-0.3, -0.25) is 0 Å². The lowest BCUT2D eigenvalue weighted by Gasteiger charge is -2.52. The standard InChI is InChI=1S/C20H32ClN/c1-17(2,3)20(18(4,5)6)13-22(19(7,8)9)16-11-10-14(21)12-15(16)20/h10-12H,13H2,1-9H3. The van der Waals surface area contributed by atoms with Crippen molar-refractivity contribution in [3.8, 4) is 0 Å². The predicted octanol–water partition coefficient (Wildman–Crippen LogP) is 6.29. The molecule has 0 spiro atoms. The summed E-state index contributed by atoms with van der Waals surface area (Å²) in [7, 11) is 0. The highest BCUT2D eigenvalue weighted by molar-refractivity contribution is 6.30. The molecule has 1 nitrogen and oxygen atoms in total. The number of fused-ring (bicyclic) bond motifs is 1. The summed E-state index contributed by atoms with van der Waals surface area (Å²) in [4.78, 5) is 2.56. The van der Waals surface area contributed by atoms with Gasteiger partial charge < -0.3 is 4.90 Å². The van der Waals surface area contributed by atoms with Gasteiger partial charge in [-0.1, -0.05) is 53.1 Å². The Kier molecular flexibility index (Phi) is 3.93. The van der Waals surface area contributed by atoms with Gasteiger partial charge >= 0.3 is 0 Å². The molecule has 0 saturated carbocycles. The number of anilines is 1. The maximum absolute atomic E-state index is 6.39. The first-order chi connectivity index (χ1) is 9.72. The van der Waals surface area contributed by atoms with Crippen LogP contribution in [0.25, 0.3) is 0 Å². The van der Waals surface area contributed by atoms with Gasteiger partial charge in [0.15, 0.2) is 0 Å². The lowest BCUT2D eigenvalue weighted by Crippen LogP contribution is -2.55. The average molecular weight is 322 g/mol. The summed E-state index contributed by atoms with van der Waals surface area (Å²) in [5.41, 5.74) is 3.21. The second kappa shape index (κ2) is 4.90. The Hall–Kier alpha value is -0.690. The normalized spacial score (nSPS) is 18.5. The van der Waals surface area contributed by atoms with Crippen molar-refractivity contribution < 1.29 is 0 Å². The van der Waals surface area contributed by atoms with Crippen molar-refractivity contribution in [3.05, 3.63) is 28.8 Å². The van der Waals surface area contributed by atoms with Gasteiger partial charge in [-0.25, -0.2) is 0 Å². The van der Waals surface area contributed by atoms with E-state index < -0.39 is 0 Å². The van der Waals surface area contributed by atoms with Gasteiger partial charge in [0, 0.05) is 28.2 Å². The van der Waals surface area contributed by atoms with Gasteiger partial charge in [0.1, 0.15) is 0 Å². The number of benzene rings is 1. The predicted molar refractivity (Wildman–Crippen MR) is 99.1 cm³/mol. The van der Waals surface area contributed by atoms with Crippen LogP contribution in [0, 0.1) is 10.8 Å². The summed E-state index contributed by atoms with van der Waals surface area (Å²) in [5, 5.41) is 0.840. The van der Waals surface area contributed by atoms with Crippen LogP contribution in [0.15, 0.2) is 18.2 Å². The minimum absolute atomic E-state index is 0.0630. The van der Waals surface area contributed by atoms with Crippen molar-refractivity contribution in [2.24, 2.45) is 10.8 Å². The minimum Gasteiger partial charge on any atom is -0.366 e. The van der Waals surface area contributed by atoms with E-state index in [1.807, 2.05) is 6.07 Å². The van der Waals surface area contributed by atoms with Gasteiger partial charge in [-0.05, 0) is 55.4 Å². The highest BCUT2D eigenvalue weighted by Crippen LogP contribution is 2.60. The molecule has 0 saturated heterocycles. The number of halogens is 1. The van der Waals surface area contributed by atoms with Crippen LogP contribution >= 0.6 is 11.6 Å². The Morgan fingerprint density at radius 1 is 0.909 bits per heavy atom. The highest BCUT2D eigenvalue weighted by atomic mass is 35.5. The number of hydrogen-bond acceptors (Lipinski definition) is 1. The molecule has 0 atom stereocenters. The third kappa shape index (κ3) is 2.46. The van der Waals surface area contributed by atoms with Crippen LogP contribution in [-0.2, 0) is 5.41 Å². The van der Waals surface area contributed by atoms with E-state index in [0.29, 0.717) is 0 Å². The smallest absolute Gasteiger partial charge is 0.0411 e. The van der Waals surface area contributed by atoms with E-state index in [-0.39, 0.29) is 21.8 Å². The second-order valence-corrected chi connectivity index (χ2v) is 10.3. The van der Waals surface area contributed by atoms with Crippen molar-refractivity contribution >= 4 is 17.3 Å². The van der Waals surface area contributed by atoms with Crippen LogP contribution in [0.3, 0.4) is 0 Å². The Labute approximate surface area is 142 Å². The number of rotatable bonds is 0. The molecule has 1 heterocycles. The first-order valence-corrected chi connectivity index (χ1v) is 8.67. The van der Waals surface area contributed by atoms with Crippen molar-refractivity contribution in [1.82, 2.24) is 0 Å². The summed E-state index contributed by atoms with van der Waals surface area (Å²) >= 11 is 6.39. The average Bonchev–Trinajstić information content (AvgIpc) is 2.62. The Morgan fingerprint density at radius 2 is 1.41 bits per heavy atom. The lowest BCUT2D eigenvalue weighted by atomic mass is 9.52. The fraction of sp³-hybridized carbons (Fsp3) is 0.700. The summed E-state index contributed by atoms with van der Waals surface area (Å²) in [6.07, 6.45) is 0. The van der Waals surface area contributed by atoms with E-state index >= 15 is 0 Å². The first kappa shape index (κ1) is 17.7. The van der Waals surface area contributed by atoms with E-state index in [1.54, 1.807) is 0 Å². The molecule has 1 aromatic rings. The molecule has 124 valence electrons. The van der Waals surface area contributed by atoms with Crippen LogP contribution in [-0.4, -0.2) is 12.1 Å². The molecule has 1 aliphatic rings. The molecule has 0 aromatic heterocycles. The van der Waals surface area contributed by atoms with Gasteiger partial charge in [-0.2, -0.15) is 0 Å². The quantitative estimate of drug-likeness (QED) is 0.543. The van der Waals surface area contributed by atoms with E-state index in [1.165, 1.54) is 11.3 Å². The van der Waals surface area contributed by atoms with E-state index in [0.717, 1.165) is 11.6 Å². The van der Waals surface area contributed by atoms with E-state index in [2.05, 4.69) is 79.3 Å². The second-order valence-electron chi connectivity index (χ2n) is 9.82. The van der Waals surface area contributed by atoms with E-state index in [4.69, 9.17) is 11.6 Å². The Morgan fingerprint density at radius 3 is 1.82 bits per heavy atom. The zero-order valence-electron chi connectivity index (χ0n) is 15.8. The van der Waals surface area contributed by atoms with Gasteiger partial charge in [0.2, 0.25) is 0 Å². The summed E-state index contributed by atoms with van der Waals surface area (Å²) in [5.74, 6) is 0. The largest absolute Gasteiger partial charge is 0.366 e. The molecule has 2 rings (SSSR count). The molecule has 0 radical (unpaired) electrons. The summed E-state index contributed by atoms with van der Waals surface area (Å²) in [6, 6.07) is 6.45. The first-order valence-electron chi connectivity index (χ1n) is 8.29. The van der Waals surface area contributed by atoms with Crippen molar-refractivity contribution in [2.45, 2.75) is 73.3 Å². The van der Waals surface area contributed by atoms with Crippen LogP contribution in [0.5, 0.6) is 0 Å². The number of nitrogens with zero attached hydrogens (tertiary/aromatic N) is 1. The third-order valence-electron chi connectivity index (χ3n) is 5.47. The monoisotopic (exact) mass is 321 g/mol. The molecule has 2 heteroatoms. The molecular weight excluding hydrogens is 290 g/mol. The molecule has 0 N–H and O–H groups in total. The molecule has 22 heavy (non-hydrogen) atoms. The van der Waals surface area contributed by atoms with Crippen LogP contribution in [0.1, 0.15) is 67.9 Å². The molecule has 1 aromatic carbocycles. The van der Waals surface area contributed by atoms with E-state index in [9.17, 15) is 0 Å². The zero-order chi connectivity index (χ0) is 17.1. The highest BCUT2D eigenvalue weighted by Gasteiger charge is 2.58. The fourth-order valence-electron chi connectivity index (χ4n) is 4.50.